The molecule has 1 aliphatic heterocycles. The lowest BCUT2D eigenvalue weighted by Gasteiger charge is -2.18. The third-order valence-electron chi connectivity index (χ3n) is 3.58. The number of carbonyl (C=O) groups is 1. The summed E-state index contributed by atoms with van der Waals surface area (Å²) in [4.78, 5) is 12.5. The van der Waals surface area contributed by atoms with Crippen LogP contribution < -0.4 is 14.8 Å². The molecular formula is C18H21N3O3S. The number of nitrogens with one attached hydrogen (secondary N) is 1. The van der Waals surface area contributed by atoms with Gasteiger partial charge in [-0.1, -0.05) is 32.1 Å². The van der Waals surface area contributed by atoms with E-state index in [1.54, 1.807) is 0 Å². The minimum absolute atomic E-state index is 0.0948. The summed E-state index contributed by atoms with van der Waals surface area (Å²) in [6.45, 7) is 8.91. The molecule has 0 radical (unpaired) electrons. The fraction of sp³-hybridized carbons (Fsp3) is 0.389. The van der Waals surface area contributed by atoms with E-state index in [9.17, 15) is 4.79 Å². The third kappa shape index (κ3) is 3.99. The first-order chi connectivity index (χ1) is 11.9. The van der Waals surface area contributed by atoms with E-state index in [4.69, 9.17) is 9.47 Å². The molecule has 6 nitrogen and oxygen atoms in total. The lowest BCUT2D eigenvalue weighted by Crippen LogP contribution is -2.21. The van der Waals surface area contributed by atoms with Crippen LogP contribution in [0.3, 0.4) is 0 Å². The van der Waals surface area contributed by atoms with Crippen LogP contribution in [0.2, 0.25) is 0 Å². The Labute approximate surface area is 150 Å². The average Bonchev–Trinajstić information content (AvgIpc) is 3.03. The van der Waals surface area contributed by atoms with E-state index in [1.165, 1.54) is 11.3 Å². The second-order valence-electron chi connectivity index (χ2n) is 6.71. The Morgan fingerprint density at radius 3 is 2.84 bits per heavy atom. The van der Waals surface area contributed by atoms with Gasteiger partial charge >= 0.3 is 0 Å². The van der Waals surface area contributed by atoms with Gasteiger partial charge in [0, 0.05) is 11.0 Å². The number of benzene rings is 1. The normalized spacial score (nSPS) is 13.5. The number of carbonyl (C=O) groups excluding carboxylic acids is 1. The molecule has 1 aliphatic rings. The van der Waals surface area contributed by atoms with Gasteiger partial charge in [-0.2, -0.15) is 0 Å². The molecule has 25 heavy (non-hydrogen) atoms. The summed E-state index contributed by atoms with van der Waals surface area (Å²) < 4.78 is 11.2. The first kappa shape index (κ1) is 17.4. The molecule has 0 fully saturated rings. The molecule has 132 valence electrons. The van der Waals surface area contributed by atoms with Crippen molar-refractivity contribution in [2.75, 3.05) is 18.5 Å². The van der Waals surface area contributed by atoms with Crippen LogP contribution in [0.5, 0.6) is 11.5 Å². The fourth-order valence-electron chi connectivity index (χ4n) is 2.30. The van der Waals surface area contributed by atoms with Crippen LogP contribution >= 0.6 is 11.3 Å². The zero-order chi connectivity index (χ0) is 18.0. The zero-order valence-corrected chi connectivity index (χ0v) is 15.6. The molecule has 0 saturated carbocycles. The van der Waals surface area contributed by atoms with Crippen LogP contribution in [-0.4, -0.2) is 29.3 Å². The van der Waals surface area contributed by atoms with Crippen molar-refractivity contribution >= 4 is 28.5 Å². The number of fused-ring (bicyclic) bond motifs is 1. The summed E-state index contributed by atoms with van der Waals surface area (Å²) in [5.41, 5.74) is 1.27. The van der Waals surface area contributed by atoms with E-state index in [2.05, 4.69) is 36.3 Å². The van der Waals surface area contributed by atoms with Crippen LogP contribution in [-0.2, 0) is 10.2 Å². The van der Waals surface area contributed by atoms with Crippen LogP contribution in [0.15, 0.2) is 23.8 Å². The summed E-state index contributed by atoms with van der Waals surface area (Å²) in [6.07, 6.45) is 1.82. The van der Waals surface area contributed by atoms with Gasteiger partial charge in [-0.15, -0.1) is 10.2 Å². The van der Waals surface area contributed by atoms with Crippen molar-refractivity contribution < 1.29 is 14.3 Å². The van der Waals surface area contributed by atoms with E-state index >= 15 is 0 Å². The summed E-state index contributed by atoms with van der Waals surface area (Å²) in [5.74, 6) is 1.26. The van der Waals surface area contributed by atoms with Gasteiger partial charge in [0.25, 0.3) is 5.91 Å². The molecule has 7 heteroatoms. The standard InChI is InChI=1S/C18H21N3O3S/c1-5-23-13-6-7-14-11(9-13)8-12(10-24-14)15(22)19-17-21-20-16(25-17)18(2,3)4/h6-9H,5,10H2,1-4H3,(H,19,21,22). The van der Waals surface area contributed by atoms with Gasteiger partial charge in [-0.3, -0.25) is 10.1 Å². The Morgan fingerprint density at radius 1 is 1.36 bits per heavy atom. The molecule has 2 heterocycles. The third-order valence-corrected chi connectivity index (χ3v) is 4.85. The number of aromatic nitrogens is 2. The van der Waals surface area contributed by atoms with Crippen molar-refractivity contribution in [2.45, 2.75) is 33.1 Å². The summed E-state index contributed by atoms with van der Waals surface area (Å²) in [7, 11) is 0. The Morgan fingerprint density at radius 2 is 2.16 bits per heavy atom. The molecule has 0 unspecified atom stereocenters. The van der Waals surface area contributed by atoms with E-state index < -0.39 is 0 Å². The summed E-state index contributed by atoms with van der Waals surface area (Å²) >= 11 is 1.38. The molecule has 1 N–H and O–H groups in total. The predicted molar refractivity (Wildman–Crippen MR) is 98.3 cm³/mol. The van der Waals surface area contributed by atoms with Gasteiger partial charge in [-0.25, -0.2) is 0 Å². The van der Waals surface area contributed by atoms with Crippen molar-refractivity contribution in [1.82, 2.24) is 10.2 Å². The van der Waals surface area contributed by atoms with E-state index in [0.717, 1.165) is 22.1 Å². The lowest BCUT2D eigenvalue weighted by molar-refractivity contribution is -0.113. The maximum atomic E-state index is 12.5. The number of rotatable bonds is 4. The SMILES string of the molecule is CCOc1ccc2c(c1)C=C(C(=O)Nc1nnc(C(C)(C)C)s1)CO2. The van der Waals surface area contributed by atoms with Crippen LogP contribution in [0.25, 0.3) is 6.08 Å². The molecule has 0 aliphatic carbocycles. The second-order valence-corrected chi connectivity index (χ2v) is 7.68. The van der Waals surface area contributed by atoms with Crippen molar-refractivity contribution in [3.63, 3.8) is 0 Å². The number of anilines is 1. The van der Waals surface area contributed by atoms with E-state index in [0.29, 0.717) is 17.3 Å². The minimum atomic E-state index is -0.232. The van der Waals surface area contributed by atoms with Gasteiger partial charge in [0.2, 0.25) is 5.13 Å². The number of amides is 1. The second kappa shape index (κ2) is 6.84. The van der Waals surface area contributed by atoms with Gasteiger partial charge in [0.15, 0.2) is 0 Å². The summed E-state index contributed by atoms with van der Waals surface area (Å²) in [5, 5.41) is 12.4. The van der Waals surface area contributed by atoms with Crippen molar-refractivity contribution in [3.8, 4) is 11.5 Å². The monoisotopic (exact) mass is 359 g/mol. The molecular weight excluding hydrogens is 338 g/mol. The number of hydrogen-bond donors (Lipinski definition) is 1. The van der Waals surface area contributed by atoms with Crippen molar-refractivity contribution in [2.24, 2.45) is 0 Å². The molecule has 0 saturated heterocycles. The minimum Gasteiger partial charge on any atom is -0.494 e. The highest BCUT2D eigenvalue weighted by atomic mass is 32.1. The zero-order valence-electron chi connectivity index (χ0n) is 14.8. The first-order valence-electron chi connectivity index (χ1n) is 8.12. The van der Waals surface area contributed by atoms with Crippen molar-refractivity contribution in [3.05, 3.63) is 34.3 Å². The first-order valence-corrected chi connectivity index (χ1v) is 8.94. The Kier molecular flexibility index (Phi) is 4.76. The molecule has 0 atom stereocenters. The van der Waals surface area contributed by atoms with Gasteiger partial charge in [-0.05, 0) is 31.2 Å². The fourth-order valence-corrected chi connectivity index (χ4v) is 3.09. The average molecular weight is 359 g/mol. The van der Waals surface area contributed by atoms with Crippen molar-refractivity contribution in [1.29, 1.82) is 0 Å². The topological polar surface area (TPSA) is 73.3 Å². The molecule has 1 aromatic carbocycles. The van der Waals surface area contributed by atoms with E-state index in [-0.39, 0.29) is 17.9 Å². The highest BCUT2D eigenvalue weighted by molar-refractivity contribution is 7.15. The quantitative estimate of drug-likeness (QED) is 0.902. The number of hydrogen-bond acceptors (Lipinski definition) is 6. The lowest BCUT2D eigenvalue weighted by atomic mass is 9.98. The van der Waals surface area contributed by atoms with Gasteiger partial charge in [0.1, 0.15) is 23.1 Å². The van der Waals surface area contributed by atoms with Crippen LogP contribution in [0.4, 0.5) is 5.13 Å². The maximum Gasteiger partial charge on any atom is 0.256 e. The molecule has 0 bridgehead atoms. The Balaban J connectivity index is 1.76. The van der Waals surface area contributed by atoms with Crippen LogP contribution in [0.1, 0.15) is 38.3 Å². The summed E-state index contributed by atoms with van der Waals surface area (Å²) in [6, 6.07) is 5.58. The molecule has 2 aromatic rings. The highest BCUT2D eigenvalue weighted by Gasteiger charge is 2.22. The molecule has 1 aromatic heterocycles. The number of ether oxygens (including phenoxy) is 2. The van der Waals surface area contributed by atoms with Crippen LogP contribution in [0, 0.1) is 0 Å². The molecule has 3 rings (SSSR count). The molecule has 1 amide bonds. The Bertz CT molecular complexity index is 821. The van der Waals surface area contributed by atoms with E-state index in [1.807, 2.05) is 31.2 Å². The highest BCUT2D eigenvalue weighted by Crippen LogP contribution is 2.31. The Hall–Kier alpha value is -2.41. The largest absolute Gasteiger partial charge is 0.494 e. The predicted octanol–water partition coefficient (Wildman–Crippen LogP) is 3.65. The smallest absolute Gasteiger partial charge is 0.256 e. The van der Waals surface area contributed by atoms with Gasteiger partial charge < -0.3 is 9.47 Å². The number of nitrogens with zero attached hydrogens (tertiary/aromatic N) is 2. The molecule has 0 spiro atoms. The van der Waals surface area contributed by atoms with Gasteiger partial charge in [0.05, 0.1) is 12.2 Å². The maximum absolute atomic E-state index is 12.5.